The number of phenols is 1. The number of anilines is 2. The molecule has 5 aromatic heterocycles. The first kappa shape index (κ1) is 37.7. The van der Waals surface area contributed by atoms with Gasteiger partial charge in [0.05, 0.1) is 44.0 Å². The van der Waals surface area contributed by atoms with Gasteiger partial charge in [0.25, 0.3) is 0 Å². The van der Waals surface area contributed by atoms with Gasteiger partial charge < -0.3 is 20.7 Å². The lowest BCUT2D eigenvalue weighted by atomic mass is 10.1. The smallest absolute Gasteiger partial charge is 0.222 e. The molecule has 284 valence electrons. The Morgan fingerprint density at radius 1 is 0.621 bits per heavy atom. The maximum Gasteiger partial charge on any atom is 0.222 e. The molecule has 0 aliphatic carbocycles. The zero-order valence-corrected chi connectivity index (χ0v) is 32.6. The number of para-hydroxylation sites is 3. The zero-order chi connectivity index (χ0) is 39.7. The highest BCUT2D eigenvalue weighted by atomic mass is 32.1. The molecule has 9 rings (SSSR count). The molecule has 12 nitrogen and oxygen atoms in total. The second-order valence-corrected chi connectivity index (χ2v) is 15.3. The maximum atomic E-state index is 9.78. The minimum Gasteiger partial charge on any atom is -0.508 e. The van der Waals surface area contributed by atoms with E-state index in [1.54, 1.807) is 36.7 Å². The second-order valence-electron chi connectivity index (χ2n) is 13.2. The number of aromatic nitrogens is 7. The van der Waals surface area contributed by atoms with Crippen molar-refractivity contribution in [2.45, 2.75) is 24.7 Å². The lowest BCUT2D eigenvalue weighted by Crippen LogP contribution is -2.10. The van der Waals surface area contributed by atoms with E-state index in [9.17, 15) is 15.6 Å². The second kappa shape index (κ2) is 17.7. The number of nitrogens with zero attached hydrogens (tertiary/aromatic N) is 8. The Labute approximate surface area is 341 Å². The average Bonchev–Trinajstić information content (AvgIpc) is 4.00. The molecule has 2 unspecified atom stereocenters. The largest absolute Gasteiger partial charge is 0.508 e. The molecule has 14 heteroatoms. The van der Waals surface area contributed by atoms with E-state index in [-0.39, 0.29) is 5.75 Å². The molecule has 0 amide bonds. The zero-order valence-electron chi connectivity index (χ0n) is 30.9. The van der Waals surface area contributed by atoms with Gasteiger partial charge in [-0.1, -0.05) is 54.6 Å². The van der Waals surface area contributed by atoms with Gasteiger partial charge in [-0.3, -0.25) is 0 Å². The number of nitrogens with one attached hydrogen (secondary N) is 3. The number of hydrogen-bond donors (Lipinski definition) is 4. The molecule has 0 fully saturated rings. The van der Waals surface area contributed by atoms with Crippen molar-refractivity contribution in [3.63, 3.8) is 0 Å². The van der Waals surface area contributed by atoms with Crippen LogP contribution in [0.25, 0.3) is 31.3 Å². The normalized spacial score (nSPS) is 12.0. The third-order valence-electron chi connectivity index (χ3n) is 9.30. The topological polar surface area (TPSA) is 185 Å². The average molecular weight is 798 g/mol. The first-order valence-electron chi connectivity index (χ1n) is 18.5. The summed E-state index contributed by atoms with van der Waals surface area (Å²) in [6, 6.07) is 39.3. The fourth-order valence-corrected chi connectivity index (χ4v) is 8.44. The SMILES string of the molecule is N#CC(c1ccnc(NCCc2c[nH]c3ccccc23)n1)c1nc2ccccc2s1.N#CC(c1ccnc(NCCc2ccc(O)cc2)n1)c1nc2ccccc2s1. The number of rotatable bonds is 12. The van der Waals surface area contributed by atoms with E-state index in [4.69, 9.17) is 0 Å². The van der Waals surface area contributed by atoms with Gasteiger partial charge in [-0.25, -0.2) is 29.9 Å². The van der Waals surface area contributed by atoms with Crippen LogP contribution in [0, 0.1) is 22.7 Å². The number of fused-ring (bicyclic) bond motifs is 3. The molecule has 4 N–H and O–H groups in total. The Morgan fingerprint density at radius 3 is 1.72 bits per heavy atom. The molecule has 0 aliphatic rings. The highest BCUT2D eigenvalue weighted by molar-refractivity contribution is 7.19. The lowest BCUT2D eigenvalue weighted by Gasteiger charge is -2.09. The van der Waals surface area contributed by atoms with Gasteiger partial charge in [0.1, 0.15) is 27.6 Å². The third kappa shape index (κ3) is 8.74. The van der Waals surface area contributed by atoms with Crippen LogP contribution in [0.15, 0.2) is 128 Å². The predicted octanol–water partition coefficient (Wildman–Crippen LogP) is 8.98. The molecule has 9 aromatic rings. The first-order chi connectivity index (χ1) is 28.5. The fourth-order valence-electron chi connectivity index (χ4n) is 6.39. The number of benzene rings is 4. The van der Waals surface area contributed by atoms with Crippen LogP contribution in [0.4, 0.5) is 11.9 Å². The summed E-state index contributed by atoms with van der Waals surface area (Å²) in [4.78, 5) is 30.2. The number of hydrogen-bond acceptors (Lipinski definition) is 13. The summed E-state index contributed by atoms with van der Waals surface area (Å²) in [5.74, 6) is 0.217. The van der Waals surface area contributed by atoms with E-state index < -0.39 is 11.8 Å². The summed E-state index contributed by atoms with van der Waals surface area (Å²) in [5, 5.41) is 38.0. The van der Waals surface area contributed by atoms with Crippen molar-refractivity contribution in [2.75, 3.05) is 23.7 Å². The molecule has 0 spiro atoms. The van der Waals surface area contributed by atoms with Crippen LogP contribution in [0.5, 0.6) is 5.75 Å². The Kier molecular flexibility index (Phi) is 11.5. The van der Waals surface area contributed by atoms with Gasteiger partial charge >= 0.3 is 0 Å². The number of aromatic hydroxyl groups is 1. The van der Waals surface area contributed by atoms with Crippen LogP contribution in [0.3, 0.4) is 0 Å². The van der Waals surface area contributed by atoms with Crippen molar-refractivity contribution in [1.29, 1.82) is 10.5 Å². The highest BCUT2D eigenvalue weighted by Gasteiger charge is 2.21. The predicted molar refractivity (Wildman–Crippen MR) is 229 cm³/mol. The summed E-state index contributed by atoms with van der Waals surface area (Å²) in [5.41, 5.74) is 6.57. The van der Waals surface area contributed by atoms with Gasteiger partial charge in [-0.05, 0) is 78.6 Å². The van der Waals surface area contributed by atoms with Crippen LogP contribution in [-0.2, 0) is 12.8 Å². The fraction of sp³-hybridized carbons (Fsp3) is 0.136. The van der Waals surface area contributed by atoms with E-state index >= 15 is 0 Å². The summed E-state index contributed by atoms with van der Waals surface area (Å²) in [6.07, 6.45) is 7.00. The first-order valence-corrected chi connectivity index (χ1v) is 20.1. The molecule has 0 saturated carbocycles. The van der Waals surface area contributed by atoms with Crippen molar-refractivity contribution in [2.24, 2.45) is 0 Å². The molecule has 0 bridgehead atoms. The van der Waals surface area contributed by atoms with Gasteiger partial charge in [-0.2, -0.15) is 10.5 Å². The van der Waals surface area contributed by atoms with Crippen LogP contribution in [0.1, 0.15) is 44.4 Å². The summed E-state index contributed by atoms with van der Waals surface area (Å²) in [7, 11) is 0. The number of nitriles is 2. The van der Waals surface area contributed by atoms with Crippen molar-refractivity contribution < 1.29 is 5.11 Å². The van der Waals surface area contributed by atoms with Crippen LogP contribution in [-0.4, -0.2) is 53.1 Å². The number of thiazole rings is 2. The highest BCUT2D eigenvalue weighted by Crippen LogP contribution is 2.32. The van der Waals surface area contributed by atoms with E-state index in [0.29, 0.717) is 36.4 Å². The van der Waals surface area contributed by atoms with E-state index in [0.717, 1.165) is 54.4 Å². The molecule has 4 aromatic carbocycles. The molecular formula is C44H35N11OS2. The standard InChI is InChI=1S/C23H18N6S.C21H17N5OS/c24-13-17(22-28-20-7-3-4-8-21(20)30-22)19-10-12-26-23(29-19)25-11-9-15-14-27-18-6-2-1-5-16(15)18;22-13-16(20-25-18-3-1-2-4-19(18)28-20)17-10-12-24-21(26-17)23-11-9-14-5-7-15(27)8-6-14/h1-8,10,12,14,17,27H,9,11H2,(H,25,26,29);1-8,10,12,16,27H,9,11H2,(H,23,24,26). The van der Waals surface area contributed by atoms with Crippen LogP contribution >= 0.6 is 22.7 Å². The molecule has 58 heavy (non-hydrogen) atoms. The lowest BCUT2D eigenvalue weighted by molar-refractivity contribution is 0.475. The van der Waals surface area contributed by atoms with E-state index in [2.05, 4.69) is 69.8 Å². The van der Waals surface area contributed by atoms with Gasteiger partial charge in [-0.15, -0.1) is 22.7 Å². The van der Waals surface area contributed by atoms with Gasteiger partial charge in [0.2, 0.25) is 11.9 Å². The van der Waals surface area contributed by atoms with Crippen molar-refractivity contribution in [3.05, 3.63) is 160 Å². The molecule has 0 aliphatic heterocycles. The quantitative estimate of drug-likeness (QED) is 0.0925. The van der Waals surface area contributed by atoms with Crippen LogP contribution < -0.4 is 10.6 Å². The maximum absolute atomic E-state index is 9.78. The summed E-state index contributed by atoms with van der Waals surface area (Å²) < 4.78 is 2.12. The molecule has 0 saturated heterocycles. The number of aromatic amines is 1. The third-order valence-corrected chi connectivity index (χ3v) is 11.5. The molecule has 2 atom stereocenters. The molecular weight excluding hydrogens is 763 g/mol. The Bertz CT molecular complexity index is 2820. The minimum absolute atomic E-state index is 0.255. The van der Waals surface area contributed by atoms with Crippen LogP contribution in [0.2, 0.25) is 0 Å². The molecule has 5 heterocycles. The Balaban J connectivity index is 0.000000162. The Hall–Kier alpha value is -7.26. The van der Waals surface area contributed by atoms with Crippen molar-refractivity contribution >= 4 is 65.9 Å². The summed E-state index contributed by atoms with van der Waals surface area (Å²) in [6.45, 7) is 1.34. The molecule has 0 radical (unpaired) electrons. The number of H-pyrrole nitrogens is 1. The van der Waals surface area contributed by atoms with Gasteiger partial charge in [0.15, 0.2) is 0 Å². The van der Waals surface area contributed by atoms with E-state index in [1.165, 1.54) is 33.6 Å². The summed E-state index contributed by atoms with van der Waals surface area (Å²) >= 11 is 3.04. The monoisotopic (exact) mass is 797 g/mol. The van der Waals surface area contributed by atoms with E-state index in [1.807, 2.05) is 79.0 Å². The number of phenolic OH excluding ortho intramolecular Hbond substituents is 1. The van der Waals surface area contributed by atoms with Gasteiger partial charge in [0, 0.05) is 42.6 Å². The van der Waals surface area contributed by atoms with Crippen molar-refractivity contribution in [1.82, 2.24) is 34.9 Å². The minimum atomic E-state index is -0.530. The van der Waals surface area contributed by atoms with Crippen molar-refractivity contribution in [3.8, 4) is 17.9 Å². The Morgan fingerprint density at radius 2 is 1.16 bits per heavy atom.